The van der Waals surface area contributed by atoms with E-state index in [1.165, 1.54) is 5.32 Å². The van der Waals surface area contributed by atoms with E-state index in [1.54, 1.807) is 24.3 Å². The Bertz CT molecular complexity index is 546. The topological polar surface area (TPSA) is 92.4 Å². The number of benzene rings is 1. The molecule has 5 nitrogen and oxygen atoms in total. The van der Waals surface area contributed by atoms with E-state index in [0.717, 1.165) is 0 Å². The molecule has 0 aliphatic heterocycles. The number of rotatable bonds is 5. The highest BCUT2D eigenvalue weighted by Crippen LogP contribution is 2.30. The molecule has 8 heteroatoms. The molecule has 1 aromatic rings. The van der Waals surface area contributed by atoms with Crippen LogP contribution in [-0.2, 0) is 16.0 Å². The normalized spacial score (nSPS) is 14.3. The summed E-state index contributed by atoms with van der Waals surface area (Å²) in [6.45, 7) is 0.407. The quantitative estimate of drug-likeness (QED) is 0.722. The van der Waals surface area contributed by atoms with Crippen LogP contribution in [0.1, 0.15) is 18.9 Å². The van der Waals surface area contributed by atoms with Crippen molar-refractivity contribution in [3.63, 3.8) is 0 Å². The van der Waals surface area contributed by atoms with Crippen molar-refractivity contribution in [2.45, 2.75) is 31.5 Å². The first-order valence-electron chi connectivity index (χ1n) is 6.02. The number of anilines is 1. The molecule has 0 bridgehead atoms. The predicted octanol–water partition coefficient (Wildman–Crippen LogP) is 1.72. The van der Waals surface area contributed by atoms with Crippen molar-refractivity contribution in [1.82, 2.24) is 5.32 Å². The first-order valence-corrected chi connectivity index (χ1v) is 6.02. The van der Waals surface area contributed by atoms with Crippen LogP contribution in [0.25, 0.3) is 0 Å². The zero-order valence-corrected chi connectivity index (χ0v) is 11.2. The van der Waals surface area contributed by atoms with Gasteiger partial charge >= 0.3 is 12.1 Å². The summed E-state index contributed by atoms with van der Waals surface area (Å²) in [5.41, 5.74) is 3.36. The Hall–Kier alpha value is -2.25. The van der Waals surface area contributed by atoms with Gasteiger partial charge in [0.25, 0.3) is 0 Å². The highest BCUT2D eigenvalue weighted by molar-refractivity contribution is 5.87. The van der Waals surface area contributed by atoms with Gasteiger partial charge in [0.15, 0.2) is 0 Å². The first kappa shape index (κ1) is 16.8. The molecule has 1 rings (SSSR count). The van der Waals surface area contributed by atoms with Gasteiger partial charge in [0.2, 0.25) is 11.4 Å². The van der Waals surface area contributed by atoms with Crippen molar-refractivity contribution in [1.29, 1.82) is 0 Å². The van der Waals surface area contributed by atoms with Gasteiger partial charge in [0, 0.05) is 12.1 Å². The lowest BCUT2D eigenvalue weighted by Crippen LogP contribution is -2.61. The Morgan fingerprint density at radius 2 is 1.86 bits per heavy atom. The van der Waals surface area contributed by atoms with Gasteiger partial charge in [-0.1, -0.05) is 18.2 Å². The number of halogens is 3. The van der Waals surface area contributed by atoms with E-state index in [9.17, 15) is 22.8 Å². The fourth-order valence-corrected chi connectivity index (χ4v) is 1.60. The van der Waals surface area contributed by atoms with Crippen molar-refractivity contribution in [3.8, 4) is 0 Å². The average molecular weight is 304 g/mol. The van der Waals surface area contributed by atoms with Gasteiger partial charge in [0.05, 0.1) is 0 Å². The summed E-state index contributed by atoms with van der Waals surface area (Å²) in [6.07, 6.45) is -5.28. The summed E-state index contributed by atoms with van der Waals surface area (Å²) in [6, 6.07) is 6.61. The third-order valence-corrected chi connectivity index (χ3v) is 3.06. The summed E-state index contributed by atoms with van der Waals surface area (Å²) < 4.78 is 38.2. The fourth-order valence-electron chi connectivity index (χ4n) is 1.60. The number of nitrogens with one attached hydrogen (secondary N) is 1. The third-order valence-electron chi connectivity index (χ3n) is 3.06. The number of carbonyl (C=O) groups is 2. The molecular weight excluding hydrogens is 289 g/mol. The Morgan fingerprint density at radius 1 is 1.29 bits per heavy atom. The number of para-hydroxylation sites is 1. The van der Waals surface area contributed by atoms with Crippen LogP contribution in [0, 0.1) is 0 Å². The van der Waals surface area contributed by atoms with Crippen LogP contribution >= 0.6 is 0 Å². The molecular formula is C13H15F3N2O3. The molecule has 116 valence electrons. The maximum Gasteiger partial charge on any atom is 0.422 e. The fraction of sp³-hybridized carbons (Fsp3) is 0.385. The molecule has 4 N–H and O–H groups in total. The summed E-state index contributed by atoms with van der Waals surface area (Å²) in [4.78, 5) is 22.4. The van der Waals surface area contributed by atoms with Crippen LogP contribution in [0.4, 0.5) is 18.9 Å². The van der Waals surface area contributed by atoms with Crippen molar-refractivity contribution < 1.29 is 27.9 Å². The number of carboxylic acid groups (broad SMARTS) is 1. The summed E-state index contributed by atoms with van der Waals surface area (Å²) >= 11 is 0. The molecule has 0 fully saturated rings. The number of hydrogen-bond donors (Lipinski definition) is 3. The molecule has 1 atom stereocenters. The van der Waals surface area contributed by atoms with Crippen LogP contribution in [0.15, 0.2) is 24.3 Å². The molecule has 0 heterocycles. The van der Waals surface area contributed by atoms with Gasteiger partial charge in [0.1, 0.15) is 0 Å². The molecule has 1 unspecified atom stereocenters. The smallest absolute Gasteiger partial charge is 0.422 e. The average Bonchev–Trinajstić information content (AvgIpc) is 2.36. The van der Waals surface area contributed by atoms with Crippen LogP contribution in [0.3, 0.4) is 0 Å². The van der Waals surface area contributed by atoms with Gasteiger partial charge in [-0.3, -0.25) is 4.79 Å². The molecule has 0 saturated heterocycles. The minimum atomic E-state index is -5.10. The number of amides is 1. The highest BCUT2D eigenvalue weighted by atomic mass is 19.4. The van der Waals surface area contributed by atoms with E-state index in [0.29, 0.717) is 18.2 Å². The second-order valence-electron chi connectivity index (χ2n) is 4.67. The first-order chi connectivity index (χ1) is 9.58. The zero-order valence-electron chi connectivity index (χ0n) is 11.2. The van der Waals surface area contributed by atoms with Crippen LogP contribution in [0.2, 0.25) is 0 Å². The molecule has 0 aromatic heterocycles. The van der Waals surface area contributed by atoms with Gasteiger partial charge in [-0.05, 0) is 25.0 Å². The predicted molar refractivity (Wildman–Crippen MR) is 69.4 cm³/mol. The zero-order chi connectivity index (χ0) is 16.3. The van der Waals surface area contributed by atoms with Crippen molar-refractivity contribution in [2.24, 2.45) is 0 Å². The van der Waals surface area contributed by atoms with E-state index >= 15 is 0 Å². The molecule has 0 aliphatic rings. The lowest BCUT2D eigenvalue weighted by Gasteiger charge is -2.28. The van der Waals surface area contributed by atoms with Gasteiger partial charge < -0.3 is 16.2 Å². The molecule has 1 amide bonds. The largest absolute Gasteiger partial charge is 0.479 e. The van der Waals surface area contributed by atoms with Crippen LogP contribution in [0.5, 0.6) is 0 Å². The minimum absolute atomic E-state index is 0.117. The number of carboxylic acids is 1. The SMILES string of the molecule is CC(NC(=O)CCc1ccccc1N)(C(=O)O)C(F)(F)F. The summed E-state index contributed by atoms with van der Waals surface area (Å²) in [7, 11) is 0. The molecule has 0 radical (unpaired) electrons. The number of aliphatic carboxylic acids is 1. The lowest BCUT2D eigenvalue weighted by atomic mass is 10.0. The Kier molecular flexibility index (Phi) is 4.82. The van der Waals surface area contributed by atoms with Gasteiger partial charge in [-0.25, -0.2) is 4.79 Å². The van der Waals surface area contributed by atoms with Gasteiger partial charge in [-0.15, -0.1) is 0 Å². The molecule has 0 aliphatic carbocycles. The highest BCUT2D eigenvalue weighted by Gasteiger charge is 2.58. The maximum atomic E-state index is 12.7. The Morgan fingerprint density at radius 3 is 2.33 bits per heavy atom. The van der Waals surface area contributed by atoms with Crippen molar-refractivity contribution in [3.05, 3.63) is 29.8 Å². The molecule has 21 heavy (non-hydrogen) atoms. The van der Waals surface area contributed by atoms with Crippen molar-refractivity contribution >= 4 is 17.6 Å². The van der Waals surface area contributed by atoms with E-state index in [-0.39, 0.29) is 12.8 Å². The second kappa shape index (κ2) is 6.02. The Balaban J connectivity index is 2.73. The second-order valence-corrected chi connectivity index (χ2v) is 4.67. The van der Waals surface area contributed by atoms with E-state index < -0.39 is 23.6 Å². The number of aryl methyl sites for hydroxylation is 1. The summed E-state index contributed by atoms with van der Waals surface area (Å²) in [5, 5.41) is 10.2. The van der Waals surface area contributed by atoms with Crippen LogP contribution < -0.4 is 11.1 Å². The van der Waals surface area contributed by atoms with Crippen molar-refractivity contribution in [2.75, 3.05) is 5.73 Å². The molecule has 1 aromatic carbocycles. The van der Waals surface area contributed by atoms with E-state index in [4.69, 9.17) is 10.8 Å². The monoisotopic (exact) mass is 304 g/mol. The lowest BCUT2D eigenvalue weighted by molar-refractivity contribution is -0.206. The third kappa shape index (κ3) is 3.87. The minimum Gasteiger partial charge on any atom is -0.479 e. The Labute approximate surface area is 118 Å². The van der Waals surface area contributed by atoms with Gasteiger partial charge in [-0.2, -0.15) is 13.2 Å². The van der Waals surface area contributed by atoms with Crippen LogP contribution in [-0.4, -0.2) is 28.7 Å². The van der Waals surface area contributed by atoms with E-state index in [1.807, 2.05) is 0 Å². The number of nitrogens with two attached hydrogens (primary N) is 1. The van der Waals surface area contributed by atoms with E-state index in [2.05, 4.69) is 0 Å². The number of carbonyl (C=O) groups excluding carboxylic acids is 1. The molecule has 0 spiro atoms. The number of alkyl halides is 3. The standard InChI is InChI=1S/C13H15F3N2O3/c1-12(11(20)21,13(14,15)16)18-10(19)7-6-8-4-2-3-5-9(8)17/h2-5H,6-7,17H2,1H3,(H,18,19)(H,20,21). The maximum absolute atomic E-state index is 12.7. The number of nitrogen functional groups attached to an aromatic ring is 1. The number of hydrogen-bond acceptors (Lipinski definition) is 3. The molecule has 0 saturated carbocycles. The summed E-state index contributed by atoms with van der Waals surface area (Å²) in [5.74, 6) is -3.18.